The summed E-state index contributed by atoms with van der Waals surface area (Å²) in [6, 6.07) is 18.6. The van der Waals surface area contributed by atoms with Crippen molar-refractivity contribution in [2.45, 2.75) is 38.9 Å². The van der Waals surface area contributed by atoms with Gasteiger partial charge in [-0.15, -0.1) is 6.07 Å². The second-order valence-corrected chi connectivity index (χ2v) is 10.2. The molecular weight excluding hydrogens is 627 g/mol. The normalized spacial score (nSPS) is 18.0. The van der Waals surface area contributed by atoms with Crippen LogP contribution in [0.1, 0.15) is 48.2 Å². The van der Waals surface area contributed by atoms with E-state index in [1.165, 1.54) is 35.2 Å². The van der Waals surface area contributed by atoms with Crippen LogP contribution in [0.4, 0.5) is 23.2 Å². The molecule has 0 spiro atoms. The first kappa shape index (κ1) is 38.7. The molecule has 0 radical (unpaired) electrons. The van der Waals surface area contributed by atoms with Gasteiger partial charge in [0.05, 0.1) is 11.3 Å². The number of halogens is 4. The van der Waals surface area contributed by atoms with Gasteiger partial charge in [-0.05, 0) is 55.0 Å². The van der Waals surface area contributed by atoms with Crippen LogP contribution in [0.15, 0.2) is 95.1 Å². The van der Waals surface area contributed by atoms with Crippen LogP contribution in [0.2, 0.25) is 0 Å². The van der Waals surface area contributed by atoms with Crippen LogP contribution >= 0.6 is 0 Å². The standard InChI is InChI=1S/C29H27F4N5O2.C4H6N.K/c1-2-38-26(36-21-9-4-3-5-10-21)24(22(35)16-34)23(17-11-13-20(30)14-12-17)25(28(38)40)37-27(39)18-7-6-8-19(15-18)29(31,32)33;1-4(2)3-5;/h3-15,23,25H,2,16,34-35H2,1H3,(H,37,39);1-2H3;/q;-1;+1/b24-22-,36-26?;;. The van der Waals surface area contributed by atoms with Crippen LogP contribution in [0.5, 0.6) is 0 Å². The molecule has 5 N–H and O–H groups in total. The zero-order valence-corrected chi connectivity index (χ0v) is 29.0. The number of likely N-dealkylation sites (N-methyl/N-ethyl adjacent to an activating group) is 1. The number of nitrogens with one attached hydrogen (secondary N) is 1. The van der Waals surface area contributed by atoms with E-state index in [4.69, 9.17) is 21.7 Å². The number of amides is 2. The van der Waals surface area contributed by atoms with Gasteiger partial charge in [0, 0.05) is 35.8 Å². The summed E-state index contributed by atoms with van der Waals surface area (Å²) >= 11 is 0. The smallest absolute Gasteiger partial charge is 0.401 e. The summed E-state index contributed by atoms with van der Waals surface area (Å²) in [6.07, 6.45) is -4.67. The fourth-order valence-electron chi connectivity index (χ4n) is 4.61. The average molecular weight is 661 g/mol. The summed E-state index contributed by atoms with van der Waals surface area (Å²) in [5, 5.41) is 10.5. The first-order chi connectivity index (χ1) is 21.3. The van der Waals surface area contributed by atoms with Crippen molar-refractivity contribution in [1.82, 2.24) is 10.2 Å². The number of nitriles is 1. The van der Waals surface area contributed by atoms with Gasteiger partial charge >= 0.3 is 57.6 Å². The molecule has 1 aliphatic rings. The number of nitrogens with two attached hydrogens (primary N) is 2. The van der Waals surface area contributed by atoms with Crippen molar-refractivity contribution in [3.63, 3.8) is 0 Å². The molecule has 13 heteroatoms. The largest absolute Gasteiger partial charge is 1.00 e. The molecule has 0 aliphatic carbocycles. The van der Waals surface area contributed by atoms with Crippen molar-refractivity contribution in [3.8, 4) is 6.07 Å². The van der Waals surface area contributed by atoms with Gasteiger partial charge in [0.2, 0.25) is 0 Å². The van der Waals surface area contributed by atoms with Gasteiger partial charge in [-0.3, -0.25) is 20.4 Å². The van der Waals surface area contributed by atoms with Crippen molar-refractivity contribution in [2.75, 3.05) is 13.1 Å². The predicted octanol–water partition coefficient (Wildman–Crippen LogP) is 2.62. The van der Waals surface area contributed by atoms with Crippen LogP contribution < -0.4 is 68.2 Å². The molecule has 2 atom stereocenters. The van der Waals surface area contributed by atoms with Crippen molar-refractivity contribution in [1.29, 1.82) is 5.26 Å². The van der Waals surface area contributed by atoms with E-state index >= 15 is 0 Å². The summed E-state index contributed by atoms with van der Waals surface area (Å²) in [5.74, 6) is -1.95. The Balaban J connectivity index is 0.00000114. The first-order valence-corrected chi connectivity index (χ1v) is 13.9. The number of carbonyl (C=O) groups excluding carboxylic acids is 2. The average Bonchev–Trinajstić information content (AvgIpc) is 3.02. The van der Waals surface area contributed by atoms with E-state index in [-0.39, 0.29) is 81.6 Å². The summed E-state index contributed by atoms with van der Waals surface area (Å²) in [7, 11) is 0. The molecule has 1 saturated heterocycles. The van der Waals surface area contributed by atoms with Gasteiger partial charge in [0.25, 0.3) is 11.8 Å². The number of hydrogen-bond acceptors (Lipinski definition) is 6. The summed E-state index contributed by atoms with van der Waals surface area (Å²) in [4.78, 5) is 33.2. The van der Waals surface area contributed by atoms with Crippen LogP contribution in [0.3, 0.4) is 0 Å². The number of likely N-dealkylation sites (tertiary alicyclic amines) is 1. The zero-order valence-electron chi connectivity index (χ0n) is 25.9. The van der Waals surface area contributed by atoms with E-state index in [2.05, 4.69) is 5.32 Å². The van der Waals surface area contributed by atoms with Gasteiger partial charge in [0.15, 0.2) is 0 Å². The molecule has 1 aliphatic heterocycles. The fourth-order valence-corrected chi connectivity index (χ4v) is 4.61. The summed E-state index contributed by atoms with van der Waals surface area (Å²) in [6.45, 7) is 5.28. The Morgan fingerprint density at radius 1 is 1.07 bits per heavy atom. The van der Waals surface area contributed by atoms with Gasteiger partial charge in [0.1, 0.15) is 17.7 Å². The van der Waals surface area contributed by atoms with Crippen molar-refractivity contribution in [3.05, 3.63) is 119 Å². The predicted molar refractivity (Wildman–Crippen MR) is 163 cm³/mol. The van der Waals surface area contributed by atoms with Crippen molar-refractivity contribution in [2.24, 2.45) is 16.5 Å². The number of nitrogens with zero attached hydrogens (tertiary/aromatic N) is 3. The van der Waals surface area contributed by atoms with E-state index in [0.717, 1.165) is 18.1 Å². The number of carbonyl (C=O) groups is 2. The molecule has 4 rings (SSSR count). The SMILES string of the molecule is CCN1C(=O)C(NC(=O)c2cccc(C(F)(F)F)c2)C(c2ccc(F)cc2)/C(=C(/N)CN)C1=Nc1ccccc1.C[C-](C)C#N.[K+]. The number of aliphatic imine (C=N–C) groups is 1. The van der Waals surface area contributed by atoms with E-state index < -0.39 is 41.3 Å². The molecule has 8 nitrogen and oxygen atoms in total. The quantitative estimate of drug-likeness (QED) is 0.212. The topological polar surface area (TPSA) is 138 Å². The Labute approximate surface area is 308 Å². The summed E-state index contributed by atoms with van der Waals surface area (Å²) < 4.78 is 53.8. The molecule has 0 aromatic heterocycles. The van der Waals surface area contributed by atoms with Crippen molar-refractivity contribution >= 4 is 23.3 Å². The van der Waals surface area contributed by atoms with Gasteiger partial charge < -0.3 is 16.8 Å². The molecule has 46 heavy (non-hydrogen) atoms. The number of para-hydroxylation sites is 1. The van der Waals surface area contributed by atoms with Crippen LogP contribution in [-0.4, -0.2) is 41.7 Å². The Kier molecular flexibility index (Phi) is 14.6. The van der Waals surface area contributed by atoms with Crippen LogP contribution in [0, 0.1) is 23.1 Å². The number of piperidine rings is 1. The number of amidine groups is 1. The van der Waals surface area contributed by atoms with Crippen LogP contribution in [-0.2, 0) is 11.0 Å². The van der Waals surface area contributed by atoms with E-state index in [1.807, 2.05) is 6.07 Å². The monoisotopic (exact) mass is 660 g/mol. The van der Waals surface area contributed by atoms with Gasteiger partial charge in [-0.1, -0.05) is 36.4 Å². The maximum absolute atomic E-state index is 13.9. The number of rotatable bonds is 6. The number of benzene rings is 3. The maximum Gasteiger partial charge on any atom is 1.00 e. The zero-order chi connectivity index (χ0) is 33.3. The second-order valence-electron chi connectivity index (χ2n) is 10.2. The molecule has 1 fully saturated rings. The Morgan fingerprint density at radius 3 is 2.20 bits per heavy atom. The molecule has 3 aromatic carbocycles. The number of hydrogen-bond donors (Lipinski definition) is 3. The third-order valence-corrected chi connectivity index (χ3v) is 6.74. The Morgan fingerprint density at radius 2 is 1.67 bits per heavy atom. The Bertz CT molecular complexity index is 1600. The Hall–Kier alpha value is -3.51. The third kappa shape index (κ3) is 9.74. The molecule has 236 valence electrons. The minimum atomic E-state index is -4.67. The molecule has 1 heterocycles. The molecule has 2 unspecified atom stereocenters. The van der Waals surface area contributed by atoms with E-state index in [9.17, 15) is 27.2 Å². The van der Waals surface area contributed by atoms with E-state index in [1.54, 1.807) is 51.1 Å². The first-order valence-electron chi connectivity index (χ1n) is 13.9. The van der Waals surface area contributed by atoms with Gasteiger partial charge in [-0.2, -0.15) is 27.0 Å². The van der Waals surface area contributed by atoms with Crippen molar-refractivity contribution < 1.29 is 78.5 Å². The minimum Gasteiger partial charge on any atom is -0.401 e. The number of alkyl halides is 3. The summed E-state index contributed by atoms with van der Waals surface area (Å²) in [5.41, 5.74) is 12.5. The fraction of sp³-hybridized carbons (Fsp3) is 0.242. The molecular formula is C33H33F4KN6O2. The van der Waals surface area contributed by atoms with Gasteiger partial charge in [-0.25, -0.2) is 14.6 Å². The molecule has 0 bridgehead atoms. The minimum absolute atomic E-state index is 0. The maximum atomic E-state index is 13.9. The van der Waals surface area contributed by atoms with Crippen LogP contribution in [0.25, 0.3) is 0 Å². The molecule has 0 saturated carbocycles. The third-order valence-electron chi connectivity index (χ3n) is 6.74. The molecule has 2 amide bonds. The van der Waals surface area contributed by atoms with E-state index in [0.29, 0.717) is 22.9 Å². The second kappa shape index (κ2) is 17.4. The molecule has 3 aromatic rings.